The Morgan fingerprint density at radius 1 is 1.00 bits per heavy atom. The van der Waals surface area contributed by atoms with Gasteiger partial charge in [-0.15, -0.1) is 0 Å². The standard InChI is InChI=1S/C26H25ClN2O2/c1-4-20-15-29(24-14-17(3)16(2)13-23(24)28-20)26(31)22-8-6-5-7-21(22)25(30)18-9-11-19(27)12-10-18/h5-14,20,28H,4,15H2,1-3H3. The van der Waals surface area contributed by atoms with E-state index in [4.69, 9.17) is 11.6 Å². The second-order valence-electron chi connectivity index (χ2n) is 8.00. The van der Waals surface area contributed by atoms with E-state index < -0.39 is 0 Å². The maximum Gasteiger partial charge on any atom is 0.259 e. The fourth-order valence-corrected chi connectivity index (χ4v) is 4.04. The van der Waals surface area contributed by atoms with E-state index >= 15 is 0 Å². The number of benzene rings is 3. The van der Waals surface area contributed by atoms with E-state index in [-0.39, 0.29) is 17.7 Å². The van der Waals surface area contributed by atoms with Crippen molar-refractivity contribution in [3.8, 4) is 0 Å². The Morgan fingerprint density at radius 3 is 2.32 bits per heavy atom. The number of rotatable bonds is 4. The molecule has 1 aliphatic heterocycles. The monoisotopic (exact) mass is 432 g/mol. The minimum absolute atomic E-state index is 0.151. The molecule has 1 atom stereocenters. The van der Waals surface area contributed by atoms with Gasteiger partial charge in [-0.3, -0.25) is 9.59 Å². The Morgan fingerprint density at radius 2 is 1.65 bits per heavy atom. The van der Waals surface area contributed by atoms with Gasteiger partial charge in [-0.05, 0) is 73.9 Å². The number of fused-ring (bicyclic) bond motifs is 1. The first kappa shape index (κ1) is 21.1. The highest BCUT2D eigenvalue weighted by Gasteiger charge is 2.30. The molecular weight excluding hydrogens is 408 g/mol. The molecule has 1 unspecified atom stereocenters. The van der Waals surface area contributed by atoms with Crippen LogP contribution in [0.3, 0.4) is 0 Å². The van der Waals surface area contributed by atoms with Crippen molar-refractivity contribution in [3.63, 3.8) is 0 Å². The molecule has 3 aromatic rings. The van der Waals surface area contributed by atoms with Crippen molar-refractivity contribution in [1.29, 1.82) is 0 Å². The van der Waals surface area contributed by atoms with Crippen LogP contribution in [0.4, 0.5) is 11.4 Å². The van der Waals surface area contributed by atoms with Crippen LogP contribution in [0.15, 0.2) is 60.7 Å². The third-order valence-electron chi connectivity index (χ3n) is 5.91. The van der Waals surface area contributed by atoms with Crippen LogP contribution in [0, 0.1) is 13.8 Å². The Labute approximate surface area is 187 Å². The minimum Gasteiger partial charge on any atom is -0.379 e. The van der Waals surface area contributed by atoms with Gasteiger partial charge in [0.2, 0.25) is 0 Å². The van der Waals surface area contributed by atoms with Gasteiger partial charge < -0.3 is 10.2 Å². The second-order valence-corrected chi connectivity index (χ2v) is 8.44. The average Bonchev–Trinajstić information content (AvgIpc) is 2.79. The summed E-state index contributed by atoms with van der Waals surface area (Å²) in [5.41, 5.74) is 5.41. The molecule has 0 aromatic heterocycles. The quantitative estimate of drug-likeness (QED) is 0.511. The number of aryl methyl sites for hydroxylation is 2. The van der Waals surface area contributed by atoms with Gasteiger partial charge in [0.05, 0.1) is 16.9 Å². The number of anilines is 2. The first-order chi connectivity index (χ1) is 14.9. The molecule has 0 aliphatic carbocycles. The van der Waals surface area contributed by atoms with E-state index in [9.17, 15) is 9.59 Å². The summed E-state index contributed by atoms with van der Waals surface area (Å²) >= 11 is 5.97. The van der Waals surface area contributed by atoms with Crippen LogP contribution in [0.25, 0.3) is 0 Å². The van der Waals surface area contributed by atoms with Crippen LogP contribution in [0.2, 0.25) is 5.02 Å². The van der Waals surface area contributed by atoms with E-state index in [1.807, 2.05) is 13.0 Å². The highest BCUT2D eigenvalue weighted by molar-refractivity contribution is 6.30. The molecule has 0 saturated heterocycles. The van der Waals surface area contributed by atoms with E-state index in [0.717, 1.165) is 23.4 Å². The van der Waals surface area contributed by atoms with Gasteiger partial charge in [-0.25, -0.2) is 0 Å². The molecule has 4 rings (SSSR count). The molecule has 1 N–H and O–H groups in total. The molecule has 0 bridgehead atoms. The summed E-state index contributed by atoms with van der Waals surface area (Å²) < 4.78 is 0. The van der Waals surface area contributed by atoms with Crippen molar-refractivity contribution in [2.24, 2.45) is 0 Å². The summed E-state index contributed by atoms with van der Waals surface area (Å²) in [5, 5.41) is 4.11. The first-order valence-electron chi connectivity index (χ1n) is 10.5. The molecule has 1 aliphatic rings. The van der Waals surface area contributed by atoms with Crippen LogP contribution in [-0.2, 0) is 0 Å². The number of carbonyl (C=O) groups excluding carboxylic acids is 2. The predicted molar refractivity (Wildman–Crippen MR) is 127 cm³/mol. The molecular formula is C26H25ClN2O2. The maximum atomic E-state index is 13.8. The number of amides is 1. The summed E-state index contributed by atoms with van der Waals surface area (Å²) in [5.74, 6) is -0.356. The van der Waals surface area contributed by atoms with Gasteiger partial charge in [-0.2, -0.15) is 0 Å². The first-order valence-corrected chi connectivity index (χ1v) is 10.9. The van der Waals surface area contributed by atoms with E-state index in [2.05, 4.69) is 25.2 Å². The molecule has 0 radical (unpaired) electrons. The zero-order valence-corrected chi connectivity index (χ0v) is 18.7. The molecule has 0 saturated carbocycles. The van der Waals surface area contributed by atoms with Crippen molar-refractivity contribution in [2.45, 2.75) is 33.2 Å². The SMILES string of the molecule is CCC1CN(C(=O)c2ccccc2C(=O)c2ccc(Cl)cc2)c2cc(C)c(C)cc2N1. The highest BCUT2D eigenvalue weighted by atomic mass is 35.5. The van der Waals surface area contributed by atoms with Gasteiger partial charge in [-0.1, -0.05) is 36.7 Å². The number of hydrogen-bond donors (Lipinski definition) is 1. The number of ketones is 1. The van der Waals surface area contributed by atoms with Crippen molar-refractivity contribution in [3.05, 3.63) is 93.5 Å². The predicted octanol–water partition coefficient (Wildman–Crippen LogP) is 6.04. The molecule has 158 valence electrons. The van der Waals surface area contributed by atoms with Gasteiger partial charge >= 0.3 is 0 Å². The van der Waals surface area contributed by atoms with Crippen molar-refractivity contribution in [2.75, 3.05) is 16.8 Å². The Kier molecular flexibility index (Phi) is 5.84. The third-order valence-corrected chi connectivity index (χ3v) is 6.16. The summed E-state index contributed by atoms with van der Waals surface area (Å²) in [6.45, 7) is 6.76. The molecule has 31 heavy (non-hydrogen) atoms. The van der Waals surface area contributed by atoms with Gasteiger partial charge in [0.25, 0.3) is 5.91 Å². The smallest absolute Gasteiger partial charge is 0.259 e. The van der Waals surface area contributed by atoms with Gasteiger partial charge in [0.1, 0.15) is 0 Å². The van der Waals surface area contributed by atoms with Crippen LogP contribution in [0.5, 0.6) is 0 Å². The van der Waals surface area contributed by atoms with E-state index in [1.54, 1.807) is 53.4 Å². The maximum absolute atomic E-state index is 13.8. The van der Waals surface area contributed by atoms with Crippen LogP contribution in [0.1, 0.15) is 50.8 Å². The third kappa shape index (κ3) is 4.08. The lowest BCUT2D eigenvalue weighted by atomic mass is 9.96. The molecule has 0 spiro atoms. The molecule has 5 heteroatoms. The zero-order chi connectivity index (χ0) is 22.1. The molecule has 1 heterocycles. The number of nitrogens with zero attached hydrogens (tertiary/aromatic N) is 1. The summed E-state index contributed by atoms with van der Waals surface area (Å²) in [6.07, 6.45) is 0.890. The van der Waals surface area contributed by atoms with Crippen molar-refractivity contribution < 1.29 is 9.59 Å². The summed E-state index contributed by atoms with van der Waals surface area (Å²) in [4.78, 5) is 28.8. The van der Waals surface area contributed by atoms with Gasteiger partial charge in [0.15, 0.2) is 5.78 Å². The molecule has 1 amide bonds. The number of halogens is 1. The number of carbonyl (C=O) groups is 2. The van der Waals surface area contributed by atoms with Crippen LogP contribution in [-0.4, -0.2) is 24.3 Å². The highest BCUT2D eigenvalue weighted by Crippen LogP contribution is 2.35. The fourth-order valence-electron chi connectivity index (χ4n) is 3.92. The minimum atomic E-state index is -0.192. The molecule has 0 fully saturated rings. The Hall–Kier alpha value is -3.11. The fraction of sp³-hybridized carbons (Fsp3) is 0.231. The second kappa shape index (κ2) is 8.56. The largest absolute Gasteiger partial charge is 0.379 e. The zero-order valence-electron chi connectivity index (χ0n) is 17.9. The Balaban J connectivity index is 1.76. The van der Waals surface area contributed by atoms with E-state index in [1.165, 1.54) is 5.56 Å². The lowest BCUT2D eigenvalue weighted by molar-refractivity contribution is 0.0969. The number of nitrogens with one attached hydrogen (secondary N) is 1. The van der Waals surface area contributed by atoms with Crippen LogP contribution < -0.4 is 10.2 Å². The topological polar surface area (TPSA) is 49.4 Å². The molecule has 3 aromatic carbocycles. The molecule has 4 nitrogen and oxygen atoms in total. The van der Waals surface area contributed by atoms with Crippen molar-refractivity contribution in [1.82, 2.24) is 0 Å². The summed E-state index contributed by atoms with van der Waals surface area (Å²) in [7, 11) is 0. The van der Waals surface area contributed by atoms with Crippen LogP contribution >= 0.6 is 11.6 Å². The van der Waals surface area contributed by atoms with Gasteiger partial charge in [0, 0.05) is 28.7 Å². The lowest BCUT2D eigenvalue weighted by Crippen LogP contribution is -2.45. The Bertz CT molecular complexity index is 1150. The lowest BCUT2D eigenvalue weighted by Gasteiger charge is -2.36. The average molecular weight is 433 g/mol. The van der Waals surface area contributed by atoms with E-state index in [0.29, 0.717) is 28.3 Å². The summed E-state index contributed by atoms with van der Waals surface area (Å²) in [6, 6.07) is 18.1. The normalized spacial score (nSPS) is 15.2. The number of hydrogen-bond acceptors (Lipinski definition) is 3. The van der Waals surface area contributed by atoms with Crippen molar-refractivity contribution >= 4 is 34.7 Å².